The summed E-state index contributed by atoms with van der Waals surface area (Å²) in [6, 6.07) is 0. The van der Waals surface area contributed by atoms with Gasteiger partial charge in [0.1, 0.15) is 6.26 Å². The summed E-state index contributed by atoms with van der Waals surface area (Å²) in [5.74, 6) is 4.26. The Balaban J connectivity index is 2.85. The maximum absolute atomic E-state index is 10.6. The summed E-state index contributed by atoms with van der Waals surface area (Å²) in [5.41, 5.74) is 1.94. The molecule has 0 fully saturated rings. The Morgan fingerprint density at radius 3 is 3.00 bits per heavy atom. The zero-order valence-electron chi connectivity index (χ0n) is 4.80. The van der Waals surface area contributed by atoms with E-state index in [2.05, 4.69) is 9.40 Å². The van der Waals surface area contributed by atoms with Crippen LogP contribution in [0.4, 0.5) is 0 Å². The number of carbonyl (C=O) groups excluding carboxylic acids is 1. The van der Waals surface area contributed by atoms with Crippen LogP contribution in [-0.4, -0.2) is 10.9 Å². The van der Waals surface area contributed by atoms with Crippen molar-refractivity contribution in [1.82, 2.24) is 10.4 Å². The average Bonchev–Trinajstić information content (AvgIpc) is 2.34. The third-order valence-electron chi connectivity index (χ3n) is 0.840. The van der Waals surface area contributed by atoms with E-state index in [1.54, 1.807) is 0 Å². The van der Waals surface area contributed by atoms with Gasteiger partial charge in [-0.1, -0.05) is 0 Å². The Bertz CT molecular complexity index is 246. The van der Waals surface area contributed by atoms with Crippen LogP contribution in [-0.2, 0) is 0 Å². The first kappa shape index (κ1) is 7.04. The van der Waals surface area contributed by atoms with E-state index in [4.69, 9.17) is 17.4 Å². The molecule has 3 N–H and O–H groups in total. The van der Waals surface area contributed by atoms with Crippen LogP contribution in [0.1, 0.15) is 10.5 Å². The van der Waals surface area contributed by atoms with E-state index in [1.807, 2.05) is 5.43 Å². The Hall–Kier alpha value is -1.07. The van der Waals surface area contributed by atoms with Crippen molar-refractivity contribution in [3.8, 4) is 0 Å². The average molecular weight is 162 g/mol. The predicted octanol–water partition coefficient (Wildman–Crippen LogP) is -0.0685. The van der Waals surface area contributed by atoms with E-state index in [0.29, 0.717) is 0 Å². The van der Waals surface area contributed by atoms with Crippen LogP contribution < -0.4 is 11.3 Å². The van der Waals surface area contributed by atoms with Gasteiger partial charge in [0, 0.05) is 0 Å². The number of nitrogens with one attached hydrogen (secondary N) is 1. The Morgan fingerprint density at radius 2 is 2.60 bits per heavy atom. The molecule has 0 radical (unpaired) electrons. The van der Waals surface area contributed by atoms with Crippen molar-refractivity contribution in [2.24, 2.45) is 5.84 Å². The molecule has 5 nitrogen and oxygen atoms in total. The minimum Gasteiger partial charge on any atom is -0.435 e. The Labute approximate surface area is 61.1 Å². The summed E-state index contributed by atoms with van der Waals surface area (Å²) in [6.45, 7) is 0. The molecule has 0 bridgehead atoms. The number of nitrogen functional groups attached to an aromatic ring is 1. The van der Waals surface area contributed by atoms with E-state index < -0.39 is 5.91 Å². The van der Waals surface area contributed by atoms with Crippen LogP contribution >= 0.6 is 11.6 Å². The highest BCUT2D eigenvalue weighted by molar-refractivity contribution is 6.27. The quantitative estimate of drug-likeness (QED) is 0.343. The molecule has 54 valence electrons. The van der Waals surface area contributed by atoms with Crippen LogP contribution in [0.3, 0.4) is 0 Å². The molecule has 0 aliphatic heterocycles. The largest absolute Gasteiger partial charge is 0.435 e. The normalized spacial score (nSPS) is 9.40. The molecule has 0 aromatic carbocycles. The van der Waals surface area contributed by atoms with Crippen LogP contribution in [0.25, 0.3) is 0 Å². The molecule has 0 spiro atoms. The summed E-state index contributed by atoms with van der Waals surface area (Å²) in [7, 11) is 0. The number of hydrazine groups is 1. The molecule has 0 unspecified atom stereocenters. The van der Waals surface area contributed by atoms with Gasteiger partial charge in [-0.15, -0.1) is 0 Å². The second-order valence-corrected chi connectivity index (χ2v) is 1.78. The number of halogens is 1. The lowest BCUT2D eigenvalue weighted by molar-refractivity contribution is 0.0948. The number of hydrogen-bond donors (Lipinski definition) is 2. The van der Waals surface area contributed by atoms with E-state index in [1.165, 1.54) is 0 Å². The molecule has 0 aliphatic rings. The molecular formula is C4H4ClN3O2. The fraction of sp³-hybridized carbons (Fsp3) is 0. The monoisotopic (exact) mass is 161 g/mol. The Morgan fingerprint density at radius 1 is 1.90 bits per heavy atom. The standard InChI is InChI=1S/C4H4ClN3O2/c5-4-7-2(1-10-4)3(9)8-6/h1H,6H2,(H,8,9). The van der Waals surface area contributed by atoms with Gasteiger partial charge in [-0.3, -0.25) is 10.2 Å². The van der Waals surface area contributed by atoms with Crippen molar-refractivity contribution in [1.29, 1.82) is 0 Å². The SMILES string of the molecule is NNC(=O)c1coc(Cl)n1. The summed E-state index contributed by atoms with van der Waals surface area (Å²) in [6.07, 6.45) is 1.12. The minimum atomic E-state index is -0.532. The molecular weight excluding hydrogens is 158 g/mol. The molecule has 1 amide bonds. The lowest BCUT2D eigenvalue weighted by Gasteiger charge is -1.88. The first-order chi connectivity index (χ1) is 4.74. The third kappa shape index (κ3) is 1.26. The van der Waals surface area contributed by atoms with Gasteiger partial charge in [-0.2, -0.15) is 4.98 Å². The van der Waals surface area contributed by atoms with Crippen LogP contribution in [0.15, 0.2) is 10.7 Å². The second kappa shape index (κ2) is 2.68. The third-order valence-corrected chi connectivity index (χ3v) is 1.01. The molecule has 0 saturated carbocycles. The summed E-state index contributed by atoms with van der Waals surface area (Å²) < 4.78 is 4.53. The maximum Gasteiger partial charge on any atom is 0.292 e. The number of nitrogens with zero attached hydrogens (tertiary/aromatic N) is 1. The van der Waals surface area contributed by atoms with Crippen molar-refractivity contribution in [3.63, 3.8) is 0 Å². The van der Waals surface area contributed by atoms with E-state index >= 15 is 0 Å². The van der Waals surface area contributed by atoms with Crippen molar-refractivity contribution in [2.75, 3.05) is 0 Å². The highest BCUT2D eigenvalue weighted by Gasteiger charge is 2.08. The summed E-state index contributed by atoms with van der Waals surface area (Å²) >= 11 is 5.26. The lowest BCUT2D eigenvalue weighted by atomic mass is 10.5. The molecule has 6 heteroatoms. The molecule has 1 heterocycles. The molecule has 0 aliphatic carbocycles. The highest BCUT2D eigenvalue weighted by Crippen LogP contribution is 2.06. The van der Waals surface area contributed by atoms with Crippen molar-refractivity contribution in [2.45, 2.75) is 0 Å². The van der Waals surface area contributed by atoms with Gasteiger partial charge in [0.15, 0.2) is 5.69 Å². The van der Waals surface area contributed by atoms with E-state index in [9.17, 15) is 4.79 Å². The van der Waals surface area contributed by atoms with Gasteiger partial charge in [-0.05, 0) is 11.6 Å². The lowest BCUT2D eigenvalue weighted by Crippen LogP contribution is -2.30. The van der Waals surface area contributed by atoms with Crippen molar-refractivity contribution in [3.05, 3.63) is 17.3 Å². The number of nitrogens with two attached hydrogens (primary N) is 1. The van der Waals surface area contributed by atoms with Crippen LogP contribution in [0, 0.1) is 0 Å². The minimum absolute atomic E-state index is 0.0625. The van der Waals surface area contributed by atoms with Gasteiger partial charge in [-0.25, -0.2) is 5.84 Å². The van der Waals surface area contributed by atoms with Gasteiger partial charge in [0.25, 0.3) is 11.3 Å². The van der Waals surface area contributed by atoms with Gasteiger partial charge in [0.05, 0.1) is 0 Å². The first-order valence-electron chi connectivity index (χ1n) is 2.36. The highest BCUT2D eigenvalue weighted by atomic mass is 35.5. The predicted molar refractivity (Wildman–Crippen MR) is 33.2 cm³/mol. The fourth-order valence-corrected chi connectivity index (χ4v) is 0.566. The molecule has 1 aromatic rings. The number of amides is 1. The molecule has 10 heavy (non-hydrogen) atoms. The first-order valence-corrected chi connectivity index (χ1v) is 2.74. The van der Waals surface area contributed by atoms with Crippen molar-refractivity contribution >= 4 is 17.5 Å². The van der Waals surface area contributed by atoms with Crippen molar-refractivity contribution < 1.29 is 9.21 Å². The maximum atomic E-state index is 10.6. The summed E-state index contributed by atoms with van der Waals surface area (Å²) in [4.78, 5) is 14.1. The Kier molecular flexibility index (Phi) is 1.88. The zero-order chi connectivity index (χ0) is 7.56. The number of rotatable bonds is 1. The topological polar surface area (TPSA) is 81.1 Å². The van der Waals surface area contributed by atoms with E-state index in [0.717, 1.165) is 6.26 Å². The van der Waals surface area contributed by atoms with Crippen LogP contribution in [0.2, 0.25) is 5.35 Å². The zero-order valence-corrected chi connectivity index (χ0v) is 5.55. The fourth-order valence-electron chi connectivity index (χ4n) is 0.430. The number of hydrogen-bond acceptors (Lipinski definition) is 4. The van der Waals surface area contributed by atoms with Gasteiger partial charge >= 0.3 is 0 Å². The summed E-state index contributed by atoms with van der Waals surface area (Å²) in [5, 5.41) is -0.0846. The molecule has 1 rings (SSSR count). The second-order valence-electron chi connectivity index (χ2n) is 1.46. The molecule has 0 atom stereocenters. The smallest absolute Gasteiger partial charge is 0.292 e. The number of aromatic nitrogens is 1. The van der Waals surface area contributed by atoms with Crippen LogP contribution in [0.5, 0.6) is 0 Å². The molecule has 0 saturated heterocycles. The van der Waals surface area contributed by atoms with Gasteiger partial charge in [0.2, 0.25) is 0 Å². The number of oxazole rings is 1. The van der Waals surface area contributed by atoms with Gasteiger partial charge < -0.3 is 4.42 Å². The molecule has 1 aromatic heterocycles. The number of carbonyl (C=O) groups is 1. The van der Waals surface area contributed by atoms with E-state index in [-0.39, 0.29) is 11.0 Å².